The van der Waals surface area contributed by atoms with E-state index in [4.69, 9.17) is 4.74 Å². The Morgan fingerprint density at radius 1 is 1.03 bits per heavy atom. The summed E-state index contributed by atoms with van der Waals surface area (Å²) in [5.74, 6) is 0.436. The Kier molecular flexibility index (Phi) is 10.00. The van der Waals surface area contributed by atoms with E-state index < -0.39 is 18.0 Å². The van der Waals surface area contributed by atoms with E-state index >= 15 is 0 Å². The Morgan fingerprint density at radius 3 is 2.38 bits per heavy atom. The minimum atomic E-state index is -0.894. The van der Waals surface area contributed by atoms with Gasteiger partial charge >= 0.3 is 11.8 Å². The molecule has 0 bridgehead atoms. The second-order valence-corrected chi connectivity index (χ2v) is 7.91. The van der Waals surface area contributed by atoms with Crippen LogP contribution in [0.1, 0.15) is 23.6 Å². The van der Waals surface area contributed by atoms with E-state index in [0.717, 1.165) is 11.1 Å². The largest absolute Gasteiger partial charge is 0.606 e. The van der Waals surface area contributed by atoms with Crippen molar-refractivity contribution >= 4 is 29.5 Å². The third-order valence-corrected chi connectivity index (χ3v) is 5.35. The molecule has 0 saturated carbocycles. The first-order chi connectivity index (χ1) is 18.0. The molecule has 8 nitrogen and oxygen atoms in total. The van der Waals surface area contributed by atoms with E-state index in [9.17, 15) is 14.7 Å². The van der Waals surface area contributed by atoms with Crippen LogP contribution in [0.3, 0.4) is 0 Å². The predicted molar refractivity (Wildman–Crippen MR) is 136 cm³/mol. The van der Waals surface area contributed by atoms with Crippen molar-refractivity contribution in [1.82, 2.24) is 4.90 Å². The number of hydrogen-bond donors (Lipinski definition) is 0. The van der Waals surface area contributed by atoms with E-state index in [1.807, 2.05) is 60.7 Å². The number of ether oxygens (including phenoxy) is 2. The van der Waals surface area contributed by atoms with E-state index in [1.165, 1.54) is 18.1 Å². The Labute approximate surface area is 215 Å². The molecule has 0 aliphatic rings. The van der Waals surface area contributed by atoms with Crippen LogP contribution in [-0.4, -0.2) is 40.6 Å². The standard InChI is InChI=1S/C29H27N3O5/c1-22(29(35)37-21-24-13-7-4-8-14-24)32(27(33)18-17-23-11-5-3-6-12-23)20-25-15-9-10-16-26(25)31-30-19-28(34)36-2/h3-18,22H,20-21H2,1-2H3/b18-17+/t22-/m0/s1. The van der Waals surface area contributed by atoms with Gasteiger partial charge in [0.25, 0.3) is 0 Å². The molecule has 0 radical (unpaired) electrons. The van der Waals surface area contributed by atoms with Gasteiger partial charge in [-0.1, -0.05) is 78.9 Å². The quantitative estimate of drug-likeness (QED) is 0.106. The van der Waals surface area contributed by atoms with Crippen LogP contribution in [0.4, 0.5) is 5.69 Å². The zero-order chi connectivity index (χ0) is 26.5. The highest BCUT2D eigenvalue weighted by molar-refractivity contribution is 5.94. The van der Waals surface area contributed by atoms with Crippen molar-refractivity contribution in [2.75, 3.05) is 7.11 Å². The summed E-state index contributed by atoms with van der Waals surface area (Å²) in [4.78, 5) is 31.3. The number of carbonyl (C=O) groups excluding carboxylic acids is 2. The number of methoxy groups -OCH3 is 1. The van der Waals surface area contributed by atoms with Gasteiger partial charge in [-0.05, 0) is 37.3 Å². The molecule has 0 unspecified atom stereocenters. The Bertz CT molecular complexity index is 1330. The maximum Gasteiger partial charge on any atom is 0.376 e. The van der Waals surface area contributed by atoms with Crippen LogP contribution < -0.4 is 5.11 Å². The molecular weight excluding hydrogens is 470 g/mol. The molecule has 0 N–H and O–H groups in total. The Balaban J connectivity index is 1.87. The van der Waals surface area contributed by atoms with E-state index in [-0.39, 0.29) is 19.1 Å². The molecule has 3 aromatic rings. The van der Waals surface area contributed by atoms with Crippen molar-refractivity contribution in [2.24, 2.45) is 5.11 Å². The average molecular weight is 498 g/mol. The Hall–Kier alpha value is -4.90. The fourth-order valence-electron chi connectivity index (χ4n) is 3.30. The smallest absolute Gasteiger partial charge is 0.376 e. The maximum atomic E-state index is 13.3. The average Bonchev–Trinajstić information content (AvgIpc) is 2.94. The minimum Gasteiger partial charge on any atom is -0.606 e. The lowest BCUT2D eigenvalue weighted by Crippen LogP contribution is -2.42. The summed E-state index contributed by atoms with van der Waals surface area (Å²) in [6, 6.07) is 24.7. The van der Waals surface area contributed by atoms with Crippen molar-refractivity contribution in [3.8, 4) is 0 Å². The molecule has 0 aliphatic heterocycles. The van der Waals surface area contributed by atoms with Crippen LogP contribution in [0, 0.1) is 0 Å². The highest BCUT2D eigenvalue weighted by Crippen LogP contribution is 2.22. The van der Waals surface area contributed by atoms with Gasteiger partial charge in [-0.3, -0.25) is 4.79 Å². The molecular formula is C29H27N3O5. The summed E-state index contributed by atoms with van der Waals surface area (Å²) >= 11 is 0. The summed E-state index contributed by atoms with van der Waals surface area (Å²) in [5, 5.41) is 15.3. The second-order valence-electron chi connectivity index (χ2n) is 7.91. The van der Waals surface area contributed by atoms with Gasteiger partial charge < -0.3 is 19.5 Å². The van der Waals surface area contributed by atoms with Gasteiger partial charge in [0.2, 0.25) is 5.91 Å². The molecule has 8 heteroatoms. The summed E-state index contributed by atoms with van der Waals surface area (Å²) in [6.45, 7) is 1.76. The number of esters is 1. The van der Waals surface area contributed by atoms with Crippen LogP contribution in [-0.2, 0) is 32.2 Å². The zero-order valence-electron chi connectivity index (χ0n) is 20.6. The molecule has 3 rings (SSSR count). The molecule has 0 fully saturated rings. The Morgan fingerprint density at radius 2 is 1.68 bits per heavy atom. The van der Waals surface area contributed by atoms with Crippen molar-refractivity contribution < 1.29 is 29.0 Å². The summed E-state index contributed by atoms with van der Waals surface area (Å²) < 4.78 is 9.97. The van der Waals surface area contributed by atoms with Gasteiger partial charge in [-0.2, -0.15) is 0 Å². The monoisotopic (exact) mass is 497 g/mol. The zero-order valence-corrected chi connectivity index (χ0v) is 20.6. The van der Waals surface area contributed by atoms with Crippen molar-refractivity contribution in [2.45, 2.75) is 26.1 Å². The molecule has 0 heterocycles. The lowest BCUT2D eigenvalue weighted by atomic mass is 10.1. The topological polar surface area (TPSA) is 105 Å². The summed E-state index contributed by atoms with van der Waals surface area (Å²) in [7, 11) is 1.21. The first-order valence-electron chi connectivity index (χ1n) is 11.5. The van der Waals surface area contributed by atoms with Crippen LogP contribution in [0.5, 0.6) is 0 Å². The van der Waals surface area contributed by atoms with Crippen LogP contribution in [0.25, 0.3) is 6.08 Å². The van der Waals surface area contributed by atoms with Crippen LogP contribution in [0.15, 0.2) is 102 Å². The first-order valence-corrected chi connectivity index (χ1v) is 11.5. The molecule has 0 aliphatic carbocycles. The van der Waals surface area contributed by atoms with Gasteiger partial charge in [0.15, 0.2) is 11.6 Å². The molecule has 1 amide bonds. The molecule has 0 saturated heterocycles. The third-order valence-electron chi connectivity index (χ3n) is 5.35. The van der Waals surface area contributed by atoms with Gasteiger partial charge in [-0.15, -0.1) is 0 Å². The number of amides is 1. The highest BCUT2D eigenvalue weighted by Gasteiger charge is 2.27. The number of nitrogens with zero attached hydrogens (tertiary/aromatic N) is 3. The first kappa shape index (κ1) is 26.7. The minimum absolute atomic E-state index is 0.0486. The molecule has 1 atom stereocenters. The molecule has 0 aromatic heterocycles. The lowest BCUT2D eigenvalue weighted by molar-refractivity contribution is -0.351. The number of hydrogen-bond acceptors (Lipinski definition) is 6. The molecule has 0 spiro atoms. The fraction of sp³-hybridized carbons (Fsp3) is 0.172. The van der Waals surface area contributed by atoms with E-state index in [2.05, 4.69) is 20.5 Å². The van der Waals surface area contributed by atoms with Crippen molar-refractivity contribution in [1.29, 1.82) is 0 Å². The third kappa shape index (κ3) is 8.37. The van der Waals surface area contributed by atoms with Crippen molar-refractivity contribution in [3.63, 3.8) is 0 Å². The van der Waals surface area contributed by atoms with Gasteiger partial charge in [-0.25, -0.2) is 4.79 Å². The van der Waals surface area contributed by atoms with E-state index in [1.54, 1.807) is 37.3 Å². The summed E-state index contributed by atoms with van der Waals surface area (Å²) in [6.07, 6.45) is 3.10. The second kappa shape index (κ2) is 13.9. The number of carbonyl (C=O) groups is 2. The normalized spacial score (nSPS) is 11.1. The number of rotatable bonds is 10. The molecule has 37 heavy (non-hydrogen) atoms. The van der Waals surface area contributed by atoms with E-state index in [0.29, 0.717) is 11.3 Å². The molecule has 3 aromatic carbocycles. The number of benzene rings is 3. The van der Waals surface area contributed by atoms with Crippen molar-refractivity contribution in [3.05, 3.63) is 114 Å². The lowest BCUT2D eigenvalue weighted by Gasteiger charge is -2.27. The molecule has 188 valence electrons. The fourth-order valence-corrected chi connectivity index (χ4v) is 3.30. The van der Waals surface area contributed by atoms with Crippen LogP contribution in [0.2, 0.25) is 0 Å². The predicted octanol–water partition coefficient (Wildman–Crippen LogP) is 3.67. The van der Waals surface area contributed by atoms with Gasteiger partial charge in [0, 0.05) is 18.2 Å². The van der Waals surface area contributed by atoms with Crippen LogP contribution >= 0.6 is 0 Å². The summed E-state index contributed by atoms with van der Waals surface area (Å²) in [5.41, 5.74) is 2.71. The van der Waals surface area contributed by atoms with Gasteiger partial charge in [0.05, 0.1) is 0 Å². The van der Waals surface area contributed by atoms with Gasteiger partial charge in [0.1, 0.15) is 22.6 Å². The maximum absolute atomic E-state index is 13.3. The SMILES string of the molecule is COC([O-])=C=[N+]=Nc1ccccc1CN(C(=O)/C=C/c1ccccc1)[C@@H](C)C(=O)OCc1ccccc1. The highest BCUT2D eigenvalue weighted by atomic mass is 16.6.